The average Bonchev–Trinajstić information content (AvgIpc) is 2.29. The normalized spacial score (nSPS) is 13.1. The van der Waals surface area contributed by atoms with E-state index in [1.807, 2.05) is 37.3 Å². The molecular weight excluding hydrogens is 216 g/mol. The molecule has 0 radical (unpaired) electrons. The zero-order chi connectivity index (χ0) is 12.8. The minimum Gasteiger partial charge on any atom is -0.477 e. The first-order chi connectivity index (χ1) is 8.00. The smallest absolute Gasteiger partial charge is 0.353 e. The van der Waals surface area contributed by atoms with Gasteiger partial charge in [0.25, 0.3) is 0 Å². The molecule has 4 N–H and O–H groups in total. The van der Waals surface area contributed by atoms with Crippen LogP contribution >= 0.6 is 0 Å². The minimum atomic E-state index is -1.26. The SMILES string of the molecule is CC(C/C(N)=C/C(=N)C(=O)O)c1ccccc1. The summed E-state index contributed by atoms with van der Waals surface area (Å²) in [7, 11) is 0. The Labute approximate surface area is 100 Å². The van der Waals surface area contributed by atoms with Crippen molar-refractivity contribution in [2.75, 3.05) is 0 Å². The summed E-state index contributed by atoms with van der Waals surface area (Å²) in [4.78, 5) is 10.5. The maximum atomic E-state index is 10.5. The molecule has 17 heavy (non-hydrogen) atoms. The summed E-state index contributed by atoms with van der Waals surface area (Å²) in [6.45, 7) is 2.01. The third-order valence-corrected chi connectivity index (χ3v) is 2.47. The molecule has 4 heteroatoms. The summed E-state index contributed by atoms with van der Waals surface area (Å²) >= 11 is 0. The van der Waals surface area contributed by atoms with Crippen molar-refractivity contribution in [1.82, 2.24) is 0 Å². The highest BCUT2D eigenvalue weighted by Gasteiger charge is 2.08. The predicted octanol–water partition coefficient (Wildman–Crippen LogP) is 2.13. The first kappa shape index (κ1) is 13.0. The van der Waals surface area contributed by atoms with Gasteiger partial charge in [-0.15, -0.1) is 0 Å². The number of carbonyl (C=O) groups is 1. The van der Waals surface area contributed by atoms with Crippen molar-refractivity contribution >= 4 is 11.7 Å². The van der Waals surface area contributed by atoms with E-state index in [1.165, 1.54) is 6.08 Å². The van der Waals surface area contributed by atoms with Crippen LogP contribution in [0.5, 0.6) is 0 Å². The maximum Gasteiger partial charge on any atom is 0.353 e. The second kappa shape index (κ2) is 5.84. The Bertz CT molecular complexity index is 438. The highest BCUT2D eigenvalue weighted by atomic mass is 16.4. The fourth-order valence-electron chi connectivity index (χ4n) is 1.56. The number of carboxylic acids is 1. The molecule has 4 nitrogen and oxygen atoms in total. The topological polar surface area (TPSA) is 87.2 Å². The number of aliphatic carboxylic acids is 1. The van der Waals surface area contributed by atoms with E-state index in [9.17, 15) is 4.79 Å². The van der Waals surface area contributed by atoms with Gasteiger partial charge in [0.1, 0.15) is 5.71 Å². The molecule has 0 aliphatic heterocycles. The number of benzene rings is 1. The van der Waals surface area contributed by atoms with Gasteiger partial charge in [-0.25, -0.2) is 4.79 Å². The van der Waals surface area contributed by atoms with E-state index in [-0.39, 0.29) is 5.92 Å². The molecule has 0 saturated heterocycles. The molecule has 1 aromatic rings. The zero-order valence-electron chi connectivity index (χ0n) is 9.68. The van der Waals surface area contributed by atoms with Crippen LogP contribution in [0.3, 0.4) is 0 Å². The van der Waals surface area contributed by atoms with Crippen molar-refractivity contribution < 1.29 is 9.90 Å². The summed E-state index contributed by atoms with van der Waals surface area (Å²) < 4.78 is 0. The number of carboxylic acid groups (broad SMARTS) is 1. The number of allylic oxidation sites excluding steroid dienone is 1. The van der Waals surface area contributed by atoms with Crippen molar-refractivity contribution in [2.24, 2.45) is 5.73 Å². The van der Waals surface area contributed by atoms with Gasteiger partial charge >= 0.3 is 5.97 Å². The fraction of sp³-hybridized carbons (Fsp3) is 0.231. The van der Waals surface area contributed by atoms with Gasteiger partial charge in [-0.3, -0.25) is 5.41 Å². The lowest BCUT2D eigenvalue weighted by Gasteiger charge is -2.11. The summed E-state index contributed by atoms with van der Waals surface area (Å²) in [5, 5.41) is 15.7. The zero-order valence-corrected chi connectivity index (χ0v) is 9.68. The highest BCUT2D eigenvalue weighted by Crippen LogP contribution is 2.20. The van der Waals surface area contributed by atoms with E-state index in [1.54, 1.807) is 0 Å². The molecule has 0 aliphatic rings. The molecule has 0 heterocycles. The van der Waals surface area contributed by atoms with Crippen molar-refractivity contribution in [1.29, 1.82) is 5.41 Å². The lowest BCUT2D eigenvalue weighted by molar-refractivity contribution is -0.129. The van der Waals surface area contributed by atoms with Gasteiger partial charge in [0.05, 0.1) is 0 Å². The minimum absolute atomic E-state index is 0.203. The summed E-state index contributed by atoms with van der Waals surface area (Å²) in [5.41, 5.74) is 6.78. The van der Waals surface area contributed by atoms with Crippen molar-refractivity contribution in [3.05, 3.63) is 47.7 Å². The van der Waals surface area contributed by atoms with Gasteiger partial charge in [0.2, 0.25) is 0 Å². The number of hydrogen-bond acceptors (Lipinski definition) is 3. The molecule has 1 unspecified atom stereocenters. The third-order valence-electron chi connectivity index (χ3n) is 2.47. The Balaban J connectivity index is 2.66. The van der Waals surface area contributed by atoms with Crippen LogP contribution in [0.1, 0.15) is 24.8 Å². The van der Waals surface area contributed by atoms with Gasteiger partial charge in [-0.1, -0.05) is 37.3 Å². The molecule has 0 aliphatic carbocycles. The standard InChI is InChI=1S/C13H16N2O2/c1-9(10-5-3-2-4-6-10)7-11(14)8-12(15)13(16)17/h2-6,8-9,15H,7,14H2,1H3,(H,16,17)/b11-8-,15-12?. The molecule has 1 atom stereocenters. The van der Waals surface area contributed by atoms with E-state index >= 15 is 0 Å². The first-order valence-electron chi connectivity index (χ1n) is 5.33. The number of nitrogens with one attached hydrogen (secondary N) is 1. The molecular formula is C13H16N2O2. The largest absolute Gasteiger partial charge is 0.477 e. The van der Waals surface area contributed by atoms with Crippen LogP contribution in [0.2, 0.25) is 0 Å². The molecule has 0 amide bonds. The molecule has 0 saturated carbocycles. The van der Waals surface area contributed by atoms with Crippen LogP contribution in [0.4, 0.5) is 0 Å². The van der Waals surface area contributed by atoms with E-state index in [0.29, 0.717) is 12.1 Å². The van der Waals surface area contributed by atoms with Gasteiger partial charge in [-0.2, -0.15) is 0 Å². The molecule has 0 aromatic heterocycles. The van der Waals surface area contributed by atoms with Crippen LogP contribution < -0.4 is 5.73 Å². The van der Waals surface area contributed by atoms with Gasteiger partial charge in [-0.05, 0) is 24.0 Å². The summed E-state index contributed by atoms with van der Waals surface area (Å²) in [6.07, 6.45) is 1.74. The Morgan fingerprint density at radius 1 is 1.47 bits per heavy atom. The molecule has 0 spiro atoms. The van der Waals surface area contributed by atoms with Crippen molar-refractivity contribution in [3.8, 4) is 0 Å². The van der Waals surface area contributed by atoms with Crippen LogP contribution in [-0.4, -0.2) is 16.8 Å². The first-order valence-corrected chi connectivity index (χ1v) is 5.33. The van der Waals surface area contributed by atoms with E-state index in [0.717, 1.165) is 5.56 Å². The van der Waals surface area contributed by atoms with Crippen LogP contribution in [0.15, 0.2) is 42.1 Å². The van der Waals surface area contributed by atoms with E-state index < -0.39 is 11.7 Å². The number of rotatable bonds is 5. The van der Waals surface area contributed by atoms with Crippen molar-refractivity contribution in [2.45, 2.75) is 19.3 Å². The van der Waals surface area contributed by atoms with Crippen LogP contribution in [0, 0.1) is 5.41 Å². The molecule has 90 valence electrons. The lowest BCUT2D eigenvalue weighted by Crippen LogP contribution is -2.12. The molecule has 1 aromatic carbocycles. The highest BCUT2D eigenvalue weighted by molar-refractivity contribution is 6.39. The fourth-order valence-corrected chi connectivity index (χ4v) is 1.56. The average molecular weight is 232 g/mol. The quantitative estimate of drug-likeness (QED) is 0.679. The Morgan fingerprint density at radius 2 is 2.06 bits per heavy atom. The molecule has 0 fully saturated rings. The molecule has 0 bridgehead atoms. The Morgan fingerprint density at radius 3 is 2.59 bits per heavy atom. The van der Waals surface area contributed by atoms with Gasteiger partial charge in [0.15, 0.2) is 0 Å². The second-order valence-corrected chi connectivity index (χ2v) is 3.95. The summed E-state index contributed by atoms with van der Waals surface area (Å²) in [6, 6.07) is 9.84. The monoisotopic (exact) mass is 232 g/mol. The Hall–Kier alpha value is -2.10. The predicted molar refractivity (Wildman–Crippen MR) is 67.1 cm³/mol. The van der Waals surface area contributed by atoms with Crippen LogP contribution in [-0.2, 0) is 4.79 Å². The second-order valence-electron chi connectivity index (χ2n) is 3.95. The Kier molecular flexibility index (Phi) is 4.46. The molecule has 1 rings (SSSR count). The van der Waals surface area contributed by atoms with E-state index in [4.69, 9.17) is 16.2 Å². The lowest BCUT2D eigenvalue weighted by atomic mass is 9.96. The van der Waals surface area contributed by atoms with Crippen molar-refractivity contribution in [3.63, 3.8) is 0 Å². The number of nitrogens with two attached hydrogens (primary N) is 1. The van der Waals surface area contributed by atoms with Crippen LogP contribution in [0.25, 0.3) is 0 Å². The maximum absolute atomic E-state index is 10.5. The van der Waals surface area contributed by atoms with Gasteiger partial charge in [0, 0.05) is 5.70 Å². The van der Waals surface area contributed by atoms with E-state index in [2.05, 4.69) is 0 Å². The number of hydrogen-bond donors (Lipinski definition) is 3. The summed E-state index contributed by atoms with van der Waals surface area (Å²) in [5.74, 6) is -1.06. The van der Waals surface area contributed by atoms with Gasteiger partial charge < -0.3 is 10.8 Å². The third kappa shape index (κ3) is 4.10.